The lowest BCUT2D eigenvalue weighted by Crippen LogP contribution is -2.40. The van der Waals surface area contributed by atoms with Crippen LogP contribution < -0.4 is 4.74 Å². The third kappa shape index (κ3) is 3.63. The summed E-state index contributed by atoms with van der Waals surface area (Å²) >= 11 is 0. The molecule has 20 heavy (non-hydrogen) atoms. The zero-order chi connectivity index (χ0) is 14.5. The van der Waals surface area contributed by atoms with Crippen LogP contribution in [0.5, 0.6) is 11.5 Å². The van der Waals surface area contributed by atoms with Gasteiger partial charge in [0.25, 0.3) is 0 Å². The van der Waals surface area contributed by atoms with Crippen LogP contribution in [0.4, 0.5) is 0 Å². The average molecular weight is 279 g/mol. The molecule has 2 N–H and O–H groups in total. The standard InChI is InChI=1S/C15H21NO4/c1-20-14-8-11(5-6-13(14)17)10-16-7-3-2-4-12(16)9-15(18)19/h5-6,8,12,17H,2-4,7,9-10H2,1H3,(H,18,19). The maximum atomic E-state index is 10.9. The fraction of sp³-hybridized carbons (Fsp3) is 0.533. The molecule has 1 aromatic rings. The molecule has 5 nitrogen and oxygen atoms in total. The van der Waals surface area contributed by atoms with Gasteiger partial charge < -0.3 is 14.9 Å². The number of ether oxygens (including phenoxy) is 1. The number of carbonyl (C=O) groups is 1. The molecular formula is C15H21NO4. The van der Waals surface area contributed by atoms with Crippen molar-refractivity contribution in [3.8, 4) is 11.5 Å². The monoisotopic (exact) mass is 279 g/mol. The van der Waals surface area contributed by atoms with Crippen LogP contribution in [-0.2, 0) is 11.3 Å². The lowest BCUT2D eigenvalue weighted by atomic mass is 9.98. The smallest absolute Gasteiger partial charge is 0.304 e. The van der Waals surface area contributed by atoms with Crippen molar-refractivity contribution >= 4 is 5.97 Å². The first-order chi connectivity index (χ1) is 9.60. The molecule has 5 heteroatoms. The number of rotatable bonds is 5. The first-order valence-electron chi connectivity index (χ1n) is 6.92. The minimum Gasteiger partial charge on any atom is -0.504 e. The highest BCUT2D eigenvalue weighted by atomic mass is 16.5. The Morgan fingerprint density at radius 1 is 1.45 bits per heavy atom. The van der Waals surface area contributed by atoms with Gasteiger partial charge in [-0.2, -0.15) is 0 Å². The Bertz CT molecular complexity index is 475. The number of phenols is 1. The number of methoxy groups -OCH3 is 1. The predicted molar refractivity (Wildman–Crippen MR) is 75.0 cm³/mol. The minimum atomic E-state index is -0.745. The Kier molecular flexibility index (Phi) is 4.84. The van der Waals surface area contributed by atoms with E-state index in [0.717, 1.165) is 31.4 Å². The molecule has 1 aromatic carbocycles. The maximum Gasteiger partial charge on any atom is 0.304 e. The van der Waals surface area contributed by atoms with Crippen LogP contribution in [0.1, 0.15) is 31.2 Å². The molecule has 1 saturated heterocycles. The molecule has 0 spiro atoms. The van der Waals surface area contributed by atoms with Gasteiger partial charge in [-0.25, -0.2) is 0 Å². The summed E-state index contributed by atoms with van der Waals surface area (Å²) in [5.41, 5.74) is 1.02. The van der Waals surface area contributed by atoms with Crippen molar-refractivity contribution in [2.45, 2.75) is 38.3 Å². The number of benzene rings is 1. The second-order valence-electron chi connectivity index (χ2n) is 5.22. The van der Waals surface area contributed by atoms with Crippen LogP contribution in [0.2, 0.25) is 0 Å². The van der Waals surface area contributed by atoms with Crippen LogP contribution in [0.15, 0.2) is 18.2 Å². The largest absolute Gasteiger partial charge is 0.504 e. The summed E-state index contributed by atoms with van der Waals surface area (Å²) in [6.07, 6.45) is 3.31. The number of nitrogens with zero attached hydrogens (tertiary/aromatic N) is 1. The highest BCUT2D eigenvalue weighted by Gasteiger charge is 2.24. The Labute approximate surface area is 118 Å². The van der Waals surface area contributed by atoms with Gasteiger partial charge in [0.2, 0.25) is 0 Å². The lowest BCUT2D eigenvalue weighted by molar-refractivity contribution is -0.138. The molecule has 110 valence electrons. The third-order valence-electron chi connectivity index (χ3n) is 3.79. The number of hydrogen-bond donors (Lipinski definition) is 2. The molecule has 0 bridgehead atoms. The second kappa shape index (κ2) is 6.61. The minimum absolute atomic E-state index is 0.0982. The molecule has 1 aliphatic rings. The Hall–Kier alpha value is -1.75. The summed E-state index contributed by atoms with van der Waals surface area (Å²) in [5.74, 6) is -0.170. The number of aromatic hydroxyl groups is 1. The average Bonchev–Trinajstić information content (AvgIpc) is 2.42. The molecule has 1 heterocycles. The molecule has 1 atom stereocenters. The van der Waals surface area contributed by atoms with Gasteiger partial charge in [0.1, 0.15) is 0 Å². The number of hydrogen-bond acceptors (Lipinski definition) is 4. The van der Waals surface area contributed by atoms with E-state index >= 15 is 0 Å². The fourth-order valence-corrected chi connectivity index (χ4v) is 2.76. The van der Waals surface area contributed by atoms with Crippen molar-refractivity contribution in [2.75, 3.05) is 13.7 Å². The highest BCUT2D eigenvalue weighted by molar-refractivity contribution is 5.67. The zero-order valence-electron chi connectivity index (χ0n) is 11.7. The van der Waals surface area contributed by atoms with Crippen molar-refractivity contribution < 1.29 is 19.7 Å². The topological polar surface area (TPSA) is 70.0 Å². The molecule has 0 saturated carbocycles. The van der Waals surface area contributed by atoms with Gasteiger partial charge in [0.05, 0.1) is 13.5 Å². The Morgan fingerprint density at radius 3 is 2.95 bits per heavy atom. The fourth-order valence-electron chi connectivity index (χ4n) is 2.76. The molecule has 0 aromatic heterocycles. The van der Waals surface area contributed by atoms with E-state index in [1.54, 1.807) is 6.07 Å². The summed E-state index contributed by atoms with van der Waals surface area (Å²) < 4.78 is 5.10. The van der Waals surface area contributed by atoms with E-state index in [1.807, 2.05) is 12.1 Å². The van der Waals surface area contributed by atoms with Gasteiger partial charge in [-0.3, -0.25) is 9.69 Å². The first-order valence-corrected chi connectivity index (χ1v) is 6.92. The van der Waals surface area contributed by atoms with Gasteiger partial charge in [0.15, 0.2) is 11.5 Å². The summed E-state index contributed by atoms with van der Waals surface area (Å²) in [4.78, 5) is 13.1. The Morgan fingerprint density at radius 2 is 2.25 bits per heavy atom. The Balaban J connectivity index is 2.08. The first kappa shape index (κ1) is 14.7. The number of carboxylic acid groups (broad SMARTS) is 1. The summed E-state index contributed by atoms with van der Waals surface area (Å²) in [7, 11) is 1.52. The van der Waals surface area contributed by atoms with Gasteiger partial charge in [-0.1, -0.05) is 12.5 Å². The van der Waals surface area contributed by atoms with E-state index in [1.165, 1.54) is 7.11 Å². The van der Waals surface area contributed by atoms with Crippen molar-refractivity contribution in [2.24, 2.45) is 0 Å². The molecule has 0 amide bonds. The van der Waals surface area contributed by atoms with Gasteiger partial charge in [0, 0.05) is 12.6 Å². The molecule has 0 radical (unpaired) electrons. The van der Waals surface area contributed by atoms with Crippen molar-refractivity contribution in [1.29, 1.82) is 0 Å². The normalized spacial score (nSPS) is 19.8. The predicted octanol–water partition coefficient (Wildman–Crippen LogP) is 2.23. The van der Waals surface area contributed by atoms with Gasteiger partial charge in [-0.05, 0) is 37.1 Å². The number of phenolic OH excluding ortho intramolecular Hbond substituents is 1. The second-order valence-corrected chi connectivity index (χ2v) is 5.22. The molecule has 0 aliphatic carbocycles. The van der Waals surface area contributed by atoms with Crippen LogP contribution in [0.3, 0.4) is 0 Å². The molecular weight excluding hydrogens is 258 g/mol. The SMILES string of the molecule is COc1cc(CN2CCCCC2CC(=O)O)ccc1O. The molecule has 1 fully saturated rings. The van der Waals surface area contributed by atoms with Crippen molar-refractivity contribution in [3.05, 3.63) is 23.8 Å². The van der Waals surface area contributed by atoms with Crippen LogP contribution in [0, 0.1) is 0 Å². The van der Waals surface area contributed by atoms with Gasteiger partial charge >= 0.3 is 5.97 Å². The van der Waals surface area contributed by atoms with E-state index in [4.69, 9.17) is 9.84 Å². The molecule has 1 aliphatic heterocycles. The van der Waals surface area contributed by atoms with E-state index in [9.17, 15) is 9.90 Å². The summed E-state index contributed by atoms with van der Waals surface area (Å²) in [5, 5.41) is 18.6. The van der Waals surface area contributed by atoms with E-state index in [-0.39, 0.29) is 18.2 Å². The quantitative estimate of drug-likeness (QED) is 0.865. The van der Waals surface area contributed by atoms with Crippen LogP contribution in [-0.4, -0.2) is 40.8 Å². The number of aliphatic carboxylic acids is 1. The summed E-state index contributed by atoms with van der Waals surface area (Å²) in [6, 6.07) is 5.37. The molecule has 2 rings (SSSR count). The van der Waals surface area contributed by atoms with Crippen molar-refractivity contribution in [1.82, 2.24) is 4.90 Å². The maximum absolute atomic E-state index is 10.9. The summed E-state index contributed by atoms with van der Waals surface area (Å²) in [6.45, 7) is 1.61. The zero-order valence-corrected chi connectivity index (χ0v) is 11.7. The van der Waals surface area contributed by atoms with Crippen molar-refractivity contribution in [3.63, 3.8) is 0 Å². The highest BCUT2D eigenvalue weighted by Crippen LogP contribution is 2.28. The van der Waals surface area contributed by atoms with Gasteiger partial charge in [-0.15, -0.1) is 0 Å². The number of carboxylic acids is 1. The van der Waals surface area contributed by atoms with Crippen LogP contribution >= 0.6 is 0 Å². The molecule has 1 unspecified atom stereocenters. The van der Waals surface area contributed by atoms with E-state index in [2.05, 4.69) is 4.90 Å². The third-order valence-corrected chi connectivity index (χ3v) is 3.79. The number of piperidine rings is 1. The lowest BCUT2D eigenvalue weighted by Gasteiger charge is -2.35. The van der Waals surface area contributed by atoms with Crippen LogP contribution in [0.25, 0.3) is 0 Å². The number of likely N-dealkylation sites (tertiary alicyclic amines) is 1. The van der Waals surface area contributed by atoms with E-state index < -0.39 is 5.97 Å². The van der Waals surface area contributed by atoms with E-state index in [0.29, 0.717) is 12.3 Å².